The third kappa shape index (κ3) is 3.09. The monoisotopic (exact) mass is 419 g/mol. The van der Waals surface area contributed by atoms with Crippen molar-refractivity contribution in [2.45, 2.75) is 24.8 Å². The summed E-state index contributed by atoms with van der Waals surface area (Å²) >= 11 is 6.10. The molecule has 2 heterocycles. The Morgan fingerprint density at radius 3 is 2.43 bits per heavy atom. The van der Waals surface area contributed by atoms with Crippen LogP contribution in [0.15, 0.2) is 65.2 Å². The summed E-state index contributed by atoms with van der Waals surface area (Å²) in [6, 6.07) is 17.7. The number of hydrogen-bond donors (Lipinski definition) is 2. The van der Waals surface area contributed by atoms with E-state index in [1.165, 1.54) is 6.20 Å². The second-order valence-corrected chi connectivity index (χ2v) is 7.85. The zero-order valence-electron chi connectivity index (χ0n) is 15.9. The van der Waals surface area contributed by atoms with Crippen molar-refractivity contribution in [3.63, 3.8) is 0 Å². The van der Waals surface area contributed by atoms with Crippen LogP contribution in [0.2, 0.25) is 5.15 Å². The Hall–Kier alpha value is -3.38. The Bertz CT molecular complexity index is 1230. The lowest BCUT2D eigenvalue weighted by Crippen LogP contribution is -2.50. The van der Waals surface area contributed by atoms with Crippen molar-refractivity contribution in [1.82, 2.24) is 15.3 Å². The largest absolute Gasteiger partial charge is 0.465 e. The minimum absolute atomic E-state index is 0.300. The lowest BCUT2D eigenvalue weighted by atomic mass is 9.72. The molecule has 0 spiro atoms. The molecule has 1 fully saturated rings. The predicted octanol–water partition coefficient (Wildman–Crippen LogP) is 5.86. The number of carboxylic acid groups (broad SMARTS) is 1. The highest BCUT2D eigenvalue weighted by molar-refractivity contribution is 6.29. The molecule has 0 atom stereocenters. The fourth-order valence-electron chi connectivity index (χ4n) is 4.09. The molecule has 4 aromatic rings. The Balaban J connectivity index is 1.62. The van der Waals surface area contributed by atoms with Gasteiger partial charge in [0, 0.05) is 5.56 Å². The summed E-state index contributed by atoms with van der Waals surface area (Å²) in [5, 5.41) is 12.2. The number of furan rings is 1. The number of rotatable bonds is 4. The fraction of sp³-hybridized carbons (Fsp3) is 0.174. The van der Waals surface area contributed by atoms with E-state index in [9.17, 15) is 9.90 Å². The fourth-order valence-corrected chi connectivity index (χ4v) is 4.22. The maximum absolute atomic E-state index is 11.2. The minimum atomic E-state index is -1.00. The number of amides is 1. The van der Waals surface area contributed by atoms with Gasteiger partial charge in [0.2, 0.25) is 5.71 Å². The number of benzene rings is 2. The van der Waals surface area contributed by atoms with Gasteiger partial charge < -0.3 is 14.8 Å². The summed E-state index contributed by atoms with van der Waals surface area (Å²) in [6.45, 7) is 0. The van der Waals surface area contributed by atoms with Crippen LogP contribution in [0.3, 0.4) is 0 Å². The zero-order valence-corrected chi connectivity index (χ0v) is 16.7. The molecule has 1 aliphatic carbocycles. The highest BCUT2D eigenvalue weighted by atomic mass is 35.5. The second kappa shape index (κ2) is 7.15. The van der Waals surface area contributed by atoms with Crippen molar-refractivity contribution in [2.75, 3.05) is 0 Å². The van der Waals surface area contributed by atoms with Gasteiger partial charge in [-0.2, -0.15) is 0 Å². The second-order valence-electron chi connectivity index (χ2n) is 7.46. The minimum Gasteiger partial charge on any atom is -0.465 e. The van der Waals surface area contributed by atoms with Crippen LogP contribution in [0.1, 0.15) is 24.8 Å². The molecule has 6 nitrogen and oxygen atoms in total. The third-order valence-corrected chi connectivity index (χ3v) is 5.87. The molecule has 0 bridgehead atoms. The molecular weight excluding hydrogens is 402 g/mol. The molecule has 5 rings (SSSR count). The van der Waals surface area contributed by atoms with Gasteiger partial charge in [-0.05, 0) is 30.4 Å². The van der Waals surface area contributed by atoms with E-state index in [0.717, 1.165) is 41.5 Å². The molecule has 0 unspecified atom stereocenters. The van der Waals surface area contributed by atoms with Gasteiger partial charge in [0.05, 0.1) is 17.3 Å². The van der Waals surface area contributed by atoms with Crippen LogP contribution in [0.25, 0.3) is 33.7 Å². The lowest BCUT2D eigenvalue weighted by Gasteiger charge is -2.42. The van der Waals surface area contributed by atoms with Crippen LogP contribution in [0, 0.1) is 0 Å². The zero-order chi connectivity index (χ0) is 20.7. The molecule has 7 heteroatoms. The van der Waals surface area contributed by atoms with Gasteiger partial charge in [0.1, 0.15) is 16.4 Å². The van der Waals surface area contributed by atoms with Crippen LogP contribution in [-0.4, -0.2) is 21.2 Å². The van der Waals surface area contributed by atoms with E-state index in [0.29, 0.717) is 22.1 Å². The SMILES string of the molecule is O=C(O)NC1(c2ccc(-c3oc4ncc(Cl)nc4c3-c3ccccc3)cc2)CCC1. The molecule has 2 aromatic heterocycles. The summed E-state index contributed by atoms with van der Waals surface area (Å²) in [5.74, 6) is 0.652. The van der Waals surface area contributed by atoms with Crippen molar-refractivity contribution < 1.29 is 14.3 Å². The van der Waals surface area contributed by atoms with Crippen LogP contribution in [-0.2, 0) is 5.54 Å². The molecule has 0 saturated heterocycles. The van der Waals surface area contributed by atoms with E-state index in [1.807, 2.05) is 54.6 Å². The van der Waals surface area contributed by atoms with Gasteiger partial charge in [-0.25, -0.2) is 14.8 Å². The number of nitrogens with zero attached hydrogens (tertiary/aromatic N) is 2. The Labute approximate surface area is 177 Å². The standard InChI is InChI=1S/C23H18ClN3O3/c24-17-13-25-21-19(26-17)18(14-5-2-1-3-6-14)20(30-21)15-7-9-16(10-8-15)23(11-4-12-23)27-22(28)29/h1-3,5-10,13,27H,4,11-12H2,(H,28,29). The van der Waals surface area contributed by atoms with Crippen molar-refractivity contribution >= 4 is 28.9 Å². The molecule has 0 radical (unpaired) electrons. The van der Waals surface area contributed by atoms with E-state index < -0.39 is 11.6 Å². The van der Waals surface area contributed by atoms with E-state index in [2.05, 4.69) is 15.3 Å². The van der Waals surface area contributed by atoms with Crippen molar-refractivity contribution in [1.29, 1.82) is 0 Å². The Morgan fingerprint density at radius 2 is 1.80 bits per heavy atom. The first-order valence-corrected chi connectivity index (χ1v) is 10.1. The van der Waals surface area contributed by atoms with Crippen LogP contribution in [0.5, 0.6) is 0 Å². The summed E-state index contributed by atoms with van der Waals surface area (Å²) in [7, 11) is 0. The lowest BCUT2D eigenvalue weighted by molar-refractivity contribution is 0.144. The molecule has 0 aliphatic heterocycles. The smallest absolute Gasteiger partial charge is 0.405 e. The van der Waals surface area contributed by atoms with Gasteiger partial charge in [-0.1, -0.05) is 66.2 Å². The van der Waals surface area contributed by atoms with E-state index in [4.69, 9.17) is 16.0 Å². The number of hydrogen-bond acceptors (Lipinski definition) is 4. The van der Waals surface area contributed by atoms with Crippen LogP contribution in [0.4, 0.5) is 4.79 Å². The molecule has 2 aromatic carbocycles. The quantitative estimate of drug-likeness (QED) is 0.432. The first kappa shape index (κ1) is 18.6. The first-order chi connectivity index (χ1) is 14.6. The number of aromatic nitrogens is 2. The topological polar surface area (TPSA) is 88.2 Å². The molecule has 2 N–H and O–H groups in total. The van der Waals surface area contributed by atoms with Gasteiger partial charge in [0.25, 0.3) is 0 Å². The highest BCUT2D eigenvalue weighted by Crippen LogP contribution is 2.43. The van der Waals surface area contributed by atoms with Crippen LogP contribution < -0.4 is 5.32 Å². The van der Waals surface area contributed by atoms with Crippen LogP contribution >= 0.6 is 11.6 Å². The van der Waals surface area contributed by atoms with Crippen molar-refractivity contribution in [3.8, 4) is 22.5 Å². The van der Waals surface area contributed by atoms with E-state index >= 15 is 0 Å². The van der Waals surface area contributed by atoms with Gasteiger partial charge >= 0.3 is 6.09 Å². The molecule has 1 amide bonds. The summed E-state index contributed by atoms with van der Waals surface area (Å²) < 4.78 is 6.08. The highest BCUT2D eigenvalue weighted by Gasteiger charge is 2.40. The molecule has 30 heavy (non-hydrogen) atoms. The van der Waals surface area contributed by atoms with Crippen molar-refractivity contribution in [2.24, 2.45) is 0 Å². The van der Waals surface area contributed by atoms with Crippen molar-refractivity contribution in [3.05, 3.63) is 71.5 Å². The third-order valence-electron chi connectivity index (χ3n) is 5.69. The predicted molar refractivity (Wildman–Crippen MR) is 114 cm³/mol. The number of nitrogens with one attached hydrogen (secondary N) is 1. The van der Waals surface area contributed by atoms with E-state index in [-0.39, 0.29) is 0 Å². The van der Waals surface area contributed by atoms with E-state index in [1.54, 1.807) is 0 Å². The molecule has 1 aliphatic rings. The Kier molecular flexibility index (Phi) is 4.44. The average Bonchev–Trinajstić information content (AvgIpc) is 3.10. The summed E-state index contributed by atoms with van der Waals surface area (Å²) in [4.78, 5) is 20.0. The maximum Gasteiger partial charge on any atom is 0.405 e. The number of fused-ring (bicyclic) bond motifs is 1. The first-order valence-electron chi connectivity index (χ1n) is 9.68. The summed E-state index contributed by atoms with van der Waals surface area (Å²) in [5.41, 5.74) is 4.12. The normalized spacial score (nSPS) is 15.0. The molecule has 1 saturated carbocycles. The average molecular weight is 420 g/mol. The Morgan fingerprint density at radius 1 is 1.07 bits per heavy atom. The molecule has 150 valence electrons. The van der Waals surface area contributed by atoms with Gasteiger partial charge in [-0.15, -0.1) is 0 Å². The van der Waals surface area contributed by atoms with Gasteiger partial charge in [-0.3, -0.25) is 0 Å². The molecular formula is C23H18ClN3O3. The van der Waals surface area contributed by atoms with Gasteiger partial charge in [0.15, 0.2) is 0 Å². The number of carbonyl (C=O) groups is 1. The maximum atomic E-state index is 11.2. The summed E-state index contributed by atoms with van der Waals surface area (Å²) in [6.07, 6.45) is 3.06. The number of halogens is 1.